The van der Waals surface area contributed by atoms with Crippen LogP contribution in [0.5, 0.6) is 0 Å². The number of carbonyl (C=O) groups excluding carboxylic acids is 1. The van der Waals surface area contributed by atoms with Crippen LogP contribution in [0.4, 0.5) is 0 Å². The minimum atomic E-state index is -1.87. The molecule has 0 radical (unpaired) electrons. The van der Waals surface area contributed by atoms with Gasteiger partial charge in [0.2, 0.25) is 0 Å². The molecule has 4 aliphatic carbocycles. The molecular weight excluding hydrogens is 304 g/mol. The first kappa shape index (κ1) is 16.5. The zero-order chi connectivity index (χ0) is 17.8. The second kappa shape index (κ2) is 4.40. The average Bonchev–Trinajstić information content (AvgIpc) is 3.01. The Morgan fingerprint density at radius 1 is 1.12 bits per heavy atom. The summed E-state index contributed by atoms with van der Waals surface area (Å²) in [4.78, 5) is 13.7. The number of hydrogen-bond donors (Lipinski definition) is 3. The normalized spacial score (nSPS) is 54.9. The van der Waals surface area contributed by atoms with Gasteiger partial charge in [0, 0.05) is 5.92 Å². The molecule has 0 aromatic carbocycles. The van der Waals surface area contributed by atoms with Crippen LogP contribution >= 0.6 is 0 Å². The van der Waals surface area contributed by atoms with Crippen molar-refractivity contribution in [1.29, 1.82) is 0 Å². The third-order valence-electron chi connectivity index (χ3n) is 7.88. The van der Waals surface area contributed by atoms with Crippen molar-refractivity contribution in [3.8, 4) is 0 Å². The summed E-state index contributed by atoms with van der Waals surface area (Å²) in [6.07, 6.45) is 2.01. The van der Waals surface area contributed by atoms with Gasteiger partial charge in [-0.1, -0.05) is 32.9 Å². The molecular formula is C20H28O4. The topological polar surface area (TPSA) is 77.8 Å². The van der Waals surface area contributed by atoms with Crippen molar-refractivity contribution in [3.05, 3.63) is 23.3 Å². The Hall–Kier alpha value is -0.970. The van der Waals surface area contributed by atoms with Crippen molar-refractivity contribution in [3.63, 3.8) is 0 Å². The lowest BCUT2D eigenvalue weighted by molar-refractivity contribution is -0.189. The number of Topliss-reactive ketones (excluding diaryl/α,β-unsaturated/α-hetero) is 1. The molecule has 8 atom stereocenters. The van der Waals surface area contributed by atoms with E-state index >= 15 is 0 Å². The summed E-state index contributed by atoms with van der Waals surface area (Å²) in [7, 11) is 0. The second-order valence-corrected chi connectivity index (χ2v) is 9.28. The van der Waals surface area contributed by atoms with Crippen LogP contribution in [-0.4, -0.2) is 38.9 Å². The highest BCUT2D eigenvalue weighted by Crippen LogP contribution is 2.71. The molecule has 4 rings (SSSR count). The zero-order valence-electron chi connectivity index (χ0n) is 15.1. The highest BCUT2D eigenvalue weighted by Gasteiger charge is 2.75. The van der Waals surface area contributed by atoms with E-state index in [-0.39, 0.29) is 29.0 Å². The molecule has 2 fully saturated rings. The molecule has 2 bridgehead atoms. The van der Waals surface area contributed by atoms with E-state index in [4.69, 9.17) is 0 Å². The molecule has 0 aromatic heterocycles. The summed E-state index contributed by atoms with van der Waals surface area (Å²) in [5.41, 5.74) is -1.80. The van der Waals surface area contributed by atoms with Crippen molar-refractivity contribution in [2.75, 3.05) is 0 Å². The van der Waals surface area contributed by atoms with Gasteiger partial charge in [0.25, 0.3) is 0 Å². The van der Waals surface area contributed by atoms with Crippen molar-refractivity contribution in [2.45, 2.75) is 58.8 Å². The van der Waals surface area contributed by atoms with Gasteiger partial charge in [0.15, 0.2) is 5.78 Å². The van der Waals surface area contributed by atoms with Crippen LogP contribution in [0.2, 0.25) is 0 Å². The van der Waals surface area contributed by atoms with Gasteiger partial charge in [0.1, 0.15) is 17.8 Å². The Morgan fingerprint density at radius 2 is 1.71 bits per heavy atom. The fourth-order valence-corrected chi connectivity index (χ4v) is 6.41. The van der Waals surface area contributed by atoms with Gasteiger partial charge in [0.05, 0.1) is 5.41 Å². The molecule has 2 saturated carbocycles. The maximum Gasteiger partial charge on any atom is 0.153 e. The quantitative estimate of drug-likeness (QED) is 0.592. The van der Waals surface area contributed by atoms with E-state index < -0.39 is 23.2 Å². The molecule has 0 amide bonds. The summed E-state index contributed by atoms with van der Waals surface area (Å²) >= 11 is 0. The molecule has 4 heteroatoms. The van der Waals surface area contributed by atoms with Crippen LogP contribution in [0.15, 0.2) is 23.3 Å². The number of aliphatic hydroxyl groups is 3. The Balaban J connectivity index is 1.99. The number of rotatable bonds is 0. The van der Waals surface area contributed by atoms with E-state index in [1.54, 1.807) is 19.9 Å². The SMILES string of the molecule is CC1=CC2C(=O)C3(C=C(C)C(O)C3(O)C1O)C(C)CC1C2C1(C)C. The van der Waals surface area contributed by atoms with Crippen LogP contribution in [0.1, 0.15) is 41.0 Å². The fraction of sp³-hybridized carbons (Fsp3) is 0.750. The Bertz CT molecular complexity index is 690. The molecule has 4 nitrogen and oxygen atoms in total. The summed E-state index contributed by atoms with van der Waals surface area (Å²) in [5.74, 6) is 0.240. The highest BCUT2D eigenvalue weighted by atomic mass is 16.4. The standard InChI is InChI=1S/C20H28O4/c1-9-6-12-14-13(18(14,4)5)7-11(3)19(17(12)23)8-10(2)16(22)20(19,24)15(9)21/h6,8,11-16,21-22,24H,7H2,1-5H3. The molecule has 3 N–H and O–H groups in total. The third kappa shape index (κ3) is 1.50. The molecule has 132 valence electrons. The van der Waals surface area contributed by atoms with E-state index in [1.165, 1.54) is 0 Å². The van der Waals surface area contributed by atoms with Crippen molar-refractivity contribution >= 4 is 5.78 Å². The largest absolute Gasteiger partial charge is 0.386 e. The van der Waals surface area contributed by atoms with Crippen LogP contribution in [0.3, 0.4) is 0 Å². The first-order chi connectivity index (χ1) is 11.0. The number of allylic oxidation sites excluding steroid dienone is 1. The molecule has 8 unspecified atom stereocenters. The second-order valence-electron chi connectivity index (χ2n) is 9.28. The lowest BCUT2D eigenvalue weighted by Gasteiger charge is -2.48. The van der Waals surface area contributed by atoms with Crippen molar-refractivity contribution < 1.29 is 20.1 Å². The van der Waals surface area contributed by atoms with Crippen molar-refractivity contribution in [1.82, 2.24) is 0 Å². The van der Waals surface area contributed by atoms with Crippen LogP contribution in [-0.2, 0) is 4.79 Å². The maximum absolute atomic E-state index is 13.7. The smallest absolute Gasteiger partial charge is 0.153 e. The molecule has 0 heterocycles. The number of hydrogen-bond acceptors (Lipinski definition) is 4. The van der Waals surface area contributed by atoms with E-state index in [0.29, 0.717) is 17.1 Å². The predicted octanol–water partition coefficient (Wildman–Crippen LogP) is 1.84. The highest BCUT2D eigenvalue weighted by molar-refractivity contribution is 5.95. The average molecular weight is 332 g/mol. The minimum absolute atomic E-state index is 0.0256. The molecule has 0 aliphatic heterocycles. The number of ketones is 1. The van der Waals surface area contributed by atoms with Gasteiger partial charge in [-0.3, -0.25) is 4.79 Å². The van der Waals surface area contributed by atoms with Gasteiger partial charge >= 0.3 is 0 Å². The van der Waals surface area contributed by atoms with Crippen molar-refractivity contribution in [2.24, 2.45) is 34.5 Å². The first-order valence-electron chi connectivity index (χ1n) is 9.01. The number of aliphatic hydroxyl groups excluding tert-OH is 2. The van der Waals surface area contributed by atoms with Crippen LogP contribution in [0, 0.1) is 34.5 Å². The Kier molecular flexibility index (Phi) is 3.03. The minimum Gasteiger partial charge on any atom is -0.386 e. The lowest BCUT2D eigenvalue weighted by Crippen LogP contribution is -2.64. The maximum atomic E-state index is 13.7. The Labute approximate surface area is 143 Å². The molecule has 24 heavy (non-hydrogen) atoms. The predicted molar refractivity (Wildman–Crippen MR) is 89.9 cm³/mol. The van der Waals surface area contributed by atoms with Crippen LogP contribution in [0.25, 0.3) is 0 Å². The van der Waals surface area contributed by atoms with E-state index in [2.05, 4.69) is 13.8 Å². The van der Waals surface area contributed by atoms with E-state index in [9.17, 15) is 20.1 Å². The van der Waals surface area contributed by atoms with Gasteiger partial charge in [-0.15, -0.1) is 0 Å². The summed E-state index contributed by atoms with van der Waals surface area (Å²) < 4.78 is 0. The summed E-state index contributed by atoms with van der Waals surface area (Å²) in [6, 6.07) is 0. The van der Waals surface area contributed by atoms with Gasteiger partial charge in [-0.05, 0) is 54.6 Å². The summed E-state index contributed by atoms with van der Waals surface area (Å²) in [6.45, 7) is 9.91. The molecule has 1 spiro atoms. The van der Waals surface area contributed by atoms with Gasteiger partial charge < -0.3 is 15.3 Å². The van der Waals surface area contributed by atoms with Crippen LogP contribution < -0.4 is 0 Å². The molecule has 0 saturated heterocycles. The van der Waals surface area contributed by atoms with Gasteiger partial charge in [-0.2, -0.15) is 0 Å². The Morgan fingerprint density at radius 3 is 2.33 bits per heavy atom. The first-order valence-corrected chi connectivity index (χ1v) is 9.01. The number of fused-ring (bicyclic) bond motifs is 3. The monoisotopic (exact) mass is 332 g/mol. The number of carbonyl (C=O) groups is 1. The van der Waals surface area contributed by atoms with E-state index in [1.807, 2.05) is 13.0 Å². The zero-order valence-corrected chi connectivity index (χ0v) is 15.1. The fourth-order valence-electron chi connectivity index (χ4n) is 6.41. The summed E-state index contributed by atoms with van der Waals surface area (Å²) in [5, 5.41) is 33.2. The molecule has 0 aromatic rings. The van der Waals surface area contributed by atoms with E-state index in [0.717, 1.165) is 6.42 Å². The van der Waals surface area contributed by atoms with Gasteiger partial charge in [-0.25, -0.2) is 0 Å². The third-order valence-corrected chi connectivity index (χ3v) is 7.88. The molecule has 4 aliphatic rings. The lowest BCUT2D eigenvalue weighted by atomic mass is 9.59.